The van der Waals surface area contributed by atoms with Gasteiger partial charge in [0.25, 0.3) is 0 Å². The number of hydrogen-bond acceptors (Lipinski definition) is 3. The minimum Gasteiger partial charge on any atom is -0.304 e. The van der Waals surface area contributed by atoms with Crippen LogP contribution in [0.15, 0.2) is 29.2 Å². The highest BCUT2D eigenvalue weighted by Crippen LogP contribution is 2.06. The van der Waals surface area contributed by atoms with Crippen molar-refractivity contribution in [2.45, 2.75) is 18.7 Å². The normalized spacial score (nSPS) is 9.93. The predicted octanol–water partition coefficient (Wildman–Crippen LogP) is 0.848. The molecule has 4 nitrogen and oxygen atoms in total. The van der Waals surface area contributed by atoms with Crippen LogP contribution in [0.2, 0.25) is 0 Å². The third-order valence-electron chi connectivity index (χ3n) is 1.35. The highest BCUT2D eigenvalue weighted by molar-refractivity contribution is 7.89. The molecule has 0 atom stereocenters. The van der Waals surface area contributed by atoms with E-state index in [2.05, 4.69) is 0 Å². The first-order chi connectivity index (χ1) is 6.41. The first kappa shape index (κ1) is 12.8. The molecule has 1 aromatic carbocycles. The summed E-state index contributed by atoms with van der Waals surface area (Å²) < 4.78 is 21.4. The van der Waals surface area contributed by atoms with Crippen molar-refractivity contribution >= 4 is 16.3 Å². The summed E-state index contributed by atoms with van der Waals surface area (Å²) in [5.74, 6) is 0. The second-order valence-electron chi connectivity index (χ2n) is 2.59. The Hall–Kier alpha value is -1.20. The lowest BCUT2D eigenvalue weighted by molar-refractivity contribution is -0.106. The molecule has 0 saturated carbocycles. The smallest absolute Gasteiger partial charge is 0.238 e. The summed E-state index contributed by atoms with van der Waals surface area (Å²) in [6.45, 7) is 3.33. The fourth-order valence-corrected chi connectivity index (χ4v) is 1.24. The number of carbonyl (C=O) groups excluding carboxylic acids is 1. The fourth-order valence-electron chi connectivity index (χ4n) is 0.728. The van der Waals surface area contributed by atoms with Crippen molar-refractivity contribution in [1.29, 1.82) is 0 Å². The molecule has 0 aliphatic heterocycles. The molecular weight excluding hydrogens is 202 g/mol. The number of benzene rings is 1. The zero-order valence-corrected chi connectivity index (χ0v) is 8.91. The predicted molar refractivity (Wildman–Crippen MR) is 54.3 cm³/mol. The Morgan fingerprint density at radius 1 is 1.21 bits per heavy atom. The fraction of sp³-hybridized carbons (Fsp3) is 0.222. The van der Waals surface area contributed by atoms with Crippen molar-refractivity contribution < 1.29 is 13.2 Å². The van der Waals surface area contributed by atoms with Crippen molar-refractivity contribution in [3.63, 3.8) is 0 Å². The topological polar surface area (TPSA) is 77.2 Å². The first-order valence-electron chi connectivity index (χ1n) is 3.91. The van der Waals surface area contributed by atoms with Crippen LogP contribution in [0.1, 0.15) is 12.5 Å². The maximum atomic E-state index is 10.7. The number of carbonyl (C=O) groups is 1. The molecule has 0 aliphatic rings. The van der Waals surface area contributed by atoms with Gasteiger partial charge in [0, 0.05) is 0 Å². The molecule has 0 unspecified atom stereocenters. The highest BCUT2D eigenvalue weighted by Gasteiger charge is 2.04. The van der Waals surface area contributed by atoms with E-state index in [-0.39, 0.29) is 4.90 Å². The molecule has 0 bridgehead atoms. The molecule has 0 amide bonds. The monoisotopic (exact) mass is 215 g/mol. The van der Waals surface area contributed by atoms with Gasteiger partial charge in [-0.25, -0.2) is 13.6 Å². The van der Waals surface area contributed by atoms with Crippen LogP contribution in [-0.4, -0.2) is 14.7 Å². The zero-order valence-electron chi connectivity index (χ0n) is 8.10. The van der Waals surface area contributed by atoms with Crippen LogP contribution in [0.5, 0.6) is 0 Å². The molecule has 1 rings (SSSR count). The molecule has 0 radical (unpaired) electrons. The summed E-state index contributed by atoms with van der Waals surface area (Å²) >= 11 is 0. The van der Waals surface area contributed by atoms with Gasteiger partial charge in [-0.1, -0.05) is 17.7 Å². The summed E-state index contributed by atoms with van der Waals surface area (Å²) in [7, 11) is -3.52. The molecule has 1 aromatic rings. The van der Waals surface area contributed by atoms with Gasteiger partial charge in [0.1, 0.15) is 6.29 Å². The van der Waals surface area contributed by atoms with E-state index in [9.17, 15) is 8.42 Å². The van der Waals surface area contributed by atoms with Crippen molar-refractivity contribution in [2.75, 3.05) is 0 Å². The van der Waals surface area contributed by atoms with E-state index in [1.807, 2.05) is 6.92 Å². The molecule has 0 spiro atoms. The Balaban J connectivity index is 0.000000500. The standard InChI is InChI=1S/C7H9NO2S.C2H4O/c1-6-2-4-7(5-3-6)11(8,9)10;1-2-3/h2-5H,1H3,(H2,8,9,10);2H,1H3. The molecule has 0 fully saturated rings. The molecule has 78 valence electrons. The molecule has 0 heterocycles. The van der Waals surface area contributed by atoms with Gasteiger partial charge in [-0.15, -0.1) is 0 Å². The zero-order chi connectivity index (χ0) is 11.2. The van der Waals surface area contributed by atoms with Crippen molar-refractivity contribution in [3.8, 4) is 0 Å². The third kappa shape index (κ3) is 4.74. The van der Waals surface area contributed by atoms with Crippen LogP contribution in [0.4, 0.5) is 0 Å². The highest BCUT2D eigenvalue weighted by atomic mass is 32.2. The quantitative estimate of drug-likeness (QED) is 0.705. The maximum Gasteiger partial charge on any atom is 0.238 e. The Kier molecular flexibility index (Phi) is 5.04. The van der Waals surface area contributed by atoms with E-state index in [4.69, 9.17) is 9.93 Å². The van der Waals surface area contributed by atoms with Gasteiger partial charge in [-0.2, -0.15) is 0 Å². The largest absolute Gasteiger partial charge is 0.304 e. The second-order valence-corrected chi connectivity index (χ2v) is 4.16. The van der Waals surface area contributed by atoms with E-state index < -0.39 is 10.0 Å². The van der Waals surface area contributed by atoms with E-state index >= 15 is 0 Å². The van der Waals surface area contributed by atoms with Gasteiger partial charge in [-0.3, -0.25) is 0 Å². The Bertz CT molecular complexity index is 381. The number of nitrogens with two attached hydrogens (primary N) is 1. The molecule has 0 aliphatic carbocycles. The summed E-state index contributed by atoms with van der Waals surface area (Å²) in [6, 6.07) is 6.40. The molecule has 0 saturated heterocycles. The minimum atomic E-state index is -3.52. The summed E-state index contributed by atoms with van der Waals surface area (Å²) in [6.07, 6.45) is 0.750. The lowest BCUT2D eigenvalue weighted by Crippen LogP contribution is -2.11. The van der Waals surface area contributed by atoms with Gasteiger partial charge in [0.15, 0.2) is 0 Å². The van der Waals surface area contributed by atoms with Crippen LogP contribution < -0.4 is 5.14 Å². The van der Waals surface area contributed by atoms with Crippen LogP contribution in [0.3, 0.4) is 0 Å². The summed E-state index contributed by atoms with van der Waals surface area (Å²) in [5, 5.41) is 4.88. The SMILES string of the molecule is CC=O.Cc1ccc(S(N)(=O)=O)cc1. The van der Waals surface area contributed by atoms with E-state index in [0.29, 0.717) is 0 Å². The lowest BCUT2D eigenvalue weighted by Gasteiger charge is -1.96. The van der Waals surface area contributed by atoms with E-state index in [1.165, 1.54) is 19.1 Å². The molecular formula is C9H13NO3S. The summed E-state index contributed by atoms with van der Waals surface area (Å²) in [4.78, 5) is 8.96. The number of sulfonamides is 1. The second kappa shape index (κ2) is 5.51. The molecule has 14 heavy (non-hydrogen) atoms. The average molecular weight is 215 g/mol. The van der Waals surface area contributed by atoms with Gasteiger partial charge in [0.05, 0.1) is 4.90 Å². The first-order valence-corrected chi connectivity index (χ1v) is 5.45. The van der Waals surface area contributed by atoms with Crippen LogP contribution in [0.25, 0.3) is 0 Å². The van der Waals surface area contributed by atoms with E-state index in [0.717, 1.165) is 11.8 Å². The average Bonchev–Trinajstić information content (AvgIpc) is 2.04. The molecule has 0 aromatic heterocycles. The Morgan fingerprint density at radius 3 is 1.86 bits per heavy atom. The van der Waals surface area contributed by atoms with Gasteiger partial charge in [0.2, 0.25) is 10.0 Å². The number of aldehydes is 1. The Morgan fingerprint density at radius 2 is 1.57 bits per heavy atom. The summed E-state index contributed by atoms with van der Waals surface area (Å²) in [5.41, 5.74) is 1.01. The van der Waals surface area contributed by atoms with Gasteiger partial charge in [-0.05, 0) is 26.0 Å². The Labute approximate surface area is 83.8 Å². The van der Waals surface area contributed by atoms with E-state index in [1.54, 1.807) is 12.1 Å². The number of aryl methyl sites for hydroxylation is 1. The number of hydrogen-bond donors (Lipinski definition) is 1. The third-order valence-corrected chi connectivity index (χ3v) is 2.28. The van der Waals surface area contributed by atoms with Crippen LogP contribution >= 0.6 is 0 Å². The van der Waals surface area contributed by atoms with Crippen molar-refractivity contribution in [2.24, 2.45) is 5.14 Å². The van der Waals surface area contributed by atoms with Gasteiger partial charge < -0.3 is 4.79 Å². The minimum absolute atomic E-state index is 0.156. The molecule has 5 heteroatoms. The number of primary sulfonamides is 1. The van der Waals surface area contributed by atoms with Crippen molar-refractivity contribution in [3.05, 3.63) is 29.8 Å². The van der Waals surface area contributed by atoms with Crippen LogP contribution in [0, 0.1) is 6.92 Å². The lowest BCUT2D eigenvalue weighted by atomic mass is 10.2. The number of rotatable bonds is 1. The molecule has 2 N–H and O–H groups in total. The van der Waals surface area contributed by atoms with Crippen molar-refractivity contribution in [1.82, 2.24) is 0 Å². The maximum absolute atomic E-state index is 10.7. The van der Waals surface area contributed by atoms with Crippen LogP contribution in [-0.2, 0) is 14.8 Å². The van der Waals surface area contributed by atoms with Gasteiger partial charge >= 0.3 is 0 Å².